The fourth-order valence-electron chi connectivity index (χ4n) is 1.84. The Hall–Kier alpha value is -2.50. The third-order valence-corrected chi connectivity index (χ3v) is 3.07. The number of nitrogens with one attached hydrogen (secondary N) is 1. The zero-order valence-electron chi connectivity index (χ0n) is 13.1. The van der Waals surface area contributed by atoms with Crippen LogP contribution in [0.15, 0.2) is 24.3 Å². The van der Waals surface area contributed by atoms with Gasteiger partial charge in [-0.15, -0.1) is 0 Å². The Morgan fingerprint density at radius 2 is 1.82 bits per heavy atom. The second-order valence-corrected chi connectivity index (χ2v) is 5.02. The molecule has 22 heavy (non-hydrogen) atoms. The van der Waals surface area contributed by atoms with Gasteiger partial charge in [0, 0.05) is 6.08 Å². The van der Waals surface area contributed by atoms with Crippen LogP contribution in [0, 0.1) is 5.92 Å². The number of hydrogen-bond donors (Lipinski definition) is 2. The standard InChI is InChI=1S/C16H21NO5/c1-10(2)15(16(19)20)17-14(18)8-6-11-5-7-12(21-3)13(9-11)22-4/h5-10,15H,1-4H3,(H,17,18)(H,19,20)/b8-6+/t15-/m1/s1. The highest BCUT2D eigenvalue weighted by molar-refractivity contribution is 5.94. The Morgan fingerprint density at radius 1 is 1.18 bits per heavy atom. The van der Waals surface area contributed by atoms with Crippen LogP contribution in [0.1, 0.15) is 19.4 Å². The number of benzene rings is 1. The van der Waals surface area contributed by atoms with Crippen molar-refractivity contribution in [3.63, 3.8) is 0 Å². The average Bonchev–Trinajstić information content (AvgIpc) is 2.49. The maximum atomic E-state index is 11.8. The van der Waals surface area contributed by atoms with Crippen molar-refractivity contribution in [2.75, 3.05) is 14.2 Å². The molecule has 0 bridgehead atoms. The lowest BCUT2D eigenvalue weighted by Crippen LogP contribution is -2.43. The van der Waals surface area contributed by atoms with Crippen LogP contribution in [-0.2, 0) is 9.59 Å². The van der Waals surface area contributed by atoms with Crippen molar-refractivity contribution in [2.45, 2.75) is 19.9 Å². The molecule has 0 aromatic heterocycles. The van der Waals surface area contributed by atoms with Crippen molar-refractivity contribution in [1.29, 1.82) is 0 Å². The van der Waals surface area contributed by atoms with E-state index >= 15 is 0 Å². The molecule has 0 spiro atoms. The number of carboxylic acid groups (broad SMARTS) is 1. The van der Waals surface area contributed by atoms with Gasteiger partial charge in [0.25, 0.3) is 0 Å². The van der Waals surface area contributed by atoms with E-state index in [0.717, 1.165) is 5.56 Å². The first-order chi connectivity index (χ1) is 10.4. The molecule has 120 valence electrons. The van der Waals surface area contributed by atoms with E-state index in [2.05, 4.69) is 5.32 Å². The minimum atomic E-state index is -1.05. The number of methoxy groups -OCH3 is 2. The fourth-order valence-corrected chi connectivity index (χ4v) is 1.84. The van der Waals surface area contributed by atoms with Gasteiger partial charge in [0.2, 0.25) is 5.91 Å². The molecule has 0 saturated heterocycles. The molecule has 0 fully saturated rings. The van der Waals surface area contributed by atoms with Gasteiger partial charge in [-0.25, -0.2) is 4.79 Å². The first-order valence-corrected chi connectivity index (χ1v) is 6.82. The van der Waals surface area contributed by atoms with Crippen LogP contribution in [0.3, 0.4) is 0 Å². The predicted octanol–water partition coefficient (Wildman–Crippen LogP) is 1.94. The summed E-state index contributed by atoms with van der Waals surface area (Å²) < 4.78 is 10.3. The molecule has 0 aliphatic carbocycles. The summed E-state index contributed by atoms with van der Waals surface area (Å²) in [6.07, 6.45) is 2.87. The third-order valence-electron chi connectivity index (χ3n) is 3.07. The molecule has 0 radical (unpaired) electrons. The van der Waals surface area contributed by atoms with Crippen LogP contribution < -0.4 is 14.8 Å². The van der Waals surface area contributed by atoms with Gasteiger partial charge in [0.05, 0.1) is 14.2 Å². The van der Waals surface area contributed by atoms with Crippen LogP contribution in [0.4, 0.5) is 0 Å². The number of hydrogen-bond acceptors (Lipinski definition) is 4. The maximum Gasteiger partial charge on any atom is 0.326 e. The van der Waals surface area contributed by atoms with Crippen molar-refractivity contribution in [3.8, 4) is 11.5 Å². The third kappa shape index (κ3) is 4.80. The zero-order chi connectivity index (χ0) is 16.7. The summed E-state index contributed by atoms with van der Waals surface area (Å²) in [5.74, 6) is -0.569. The first kappa shape index (κ1) is 17.6. The average molecular weight is 307 g/mol. The molecule has 0 heterocycles. The Labute approximate surface area is 129 Å². The topological polar surface area (TPSA) is 84.9 Å². The highest BCUT2D eigenvalue weighted by atomic mass is 16.5. The first-order valence-electron chi connectivity index (χ1n) is 6.82. The van der Waals surface area contributed by atoms with E-state index in [1.807, 2.05) is 0 Å². The molecule has 1 aromatic carbocycles. The fraction of sp³-hybridized carbons (Fsp3) is 0.375. The number of amides is 1. The number of carbonyl (C=O) groups is 2. The Bertz CT molecular complexity index is 566. The van der Waals surface area contributed by atoms with E-state index in [1.165, 1.54) is 13.2 Å². The van der Waals surface area contributed by atoms with Crippen molar-refractivity contribution >= 4 is 18.0 Å². The number of ether oxygens (including phenoxy) is 2. The van der Waals surface area contributed by atoms with Crippen LogP contribution >= 0.6 is 0 Å². The minimum absolute atomic E-state index is 0.198. The van der Waals surface area contributed by atoms with Gasteiger partial charge < -0.3 is 19.9 Å². The maximum absolute atomic E-state index is 11.8. The minimum Gasteiger partial charge on any atom is -0.493 e. The molecule has 6 nitrogen and oxygen atoms in total. The lowest BCUT2D eigenvalue weighted by Gasteiger charge is -2.16. The molecule has 1 aromatic rings. The Balaban J connectivity index is 2.79. The van der Waals surface area contributed by atoms with Crippen LogP contribution in [-0.4, -0.2) is 37.2 Å². The van der Waals surface area contributed by atoms with Crippen molar-refractivity contribution in [2.24, 2.45) is 5.92 Å². The second-order valence-electron chi connectivity index (χ2n) is 5.02. The van der Waals surface area contributed by atoms with Gasteiger partial charge in [-0.3, -0.25) is 4.79 Å². The van der Waals surface area contributed by atoms with E-state index in [9.17, 15) is 9.59 Å². The highest BCUT2D eigenvalue weighted by Crippen LogP contribution is 2.27. The summed E-state index contributed by atoms with van der Waals surface area (Å²) in [6.45, 7) is 3.47. The second kappa shape index (κ2) is 8.07. The summed E-state index contributed by atoms with van der Waals surface area (Å²) in [7, 11) is 3.07. The molecule has 0 aliphatic rings. The van der Waals surface area contributed by atoms with Crippen molar-refractivity contribution in [3.05, 3.63) is 29.8 Å². The van der Waals surface area contributed by atoms with E-state index in [0.29, 0.717) is 11.5 Å². The quantitative estimate of drug-likeness (QED) is 0.752. The molecule has 1 rings (SSSR count). The van der Waals surface area contributed by atoms with Crippen molar-refractivity contribution in [1.82, 2.24) is 5.32 Å². The molecule has 2 N–H and O–H groups in total. The van der Waals surface area contributed by atoms with E-state index in [4.69, 9.17) is 14.6 Å². The van der Waals surface area contributed by atoms with Crippen LogP contribution in [0.5, 0.6) is 11.5 Å². The van der Waals surface area contributed by atoms with Crippen molar-refractivity contribution < 1.29 is 24.2 Å². The molecule has 6 heteroatoms. The number of carboxylic acids is 1. The summed E-state index contributed by atoms with van der Waals surface area (Å²) >= 11 is 0. The summed E-state index contributed by atoms with van der Waals surface area (Å²) in [6, 6.07) is 4.30. The van der Waals surface area contributed by atoms with E-state index in [-0.39, 0.29) is 5.92 Å². The predicted molar refractivity (Wildman–Crippen MR) is 83.0 cm³/mol. The largest absolute Gasteiger partial charge is 0.493 e. The lowest BCUT2D eigenvalue weighted by molar-refractivity contribution is -0.142. The van der Waals surface area contributed by atoms with Gasteiger partial charge in [0.1, 0.15) is 6.04 Å². The van der Waals surface area contributed by atoms with Gasteiger partial charge in [-0.2, -0.15) is 0 Å². The smallest absolute Gasteiger partial charge is 0.326 e. The SMILES string of the molecule is COc1ccc(/C=C/C(=O)N[C@@H](C(=O)O)C(C)C)cc1OC. The Morgan fingerprint density at radius 3 is 2.32 bits per heavy atom. The molecule has 1 atom stereocenters. The number of carbonyl (C=O) groups excluding carboxylic acids is 1. The zero-order valence-corrected chi connectivity index (χ0v) is 13.1. The number of rotatable bonds is 7. The van der Waals surface area contributed by atoms with E-state index < -0.39 is 17.9 Å². The van der Waals surface area contributed by atoms with Gasteiger partial charge in [0.15, 0.2) is 11.5 Å². The molecular weight excluding hydrogens is 286 g/mol. The monoisotopic (exact) mass is 307 g/mol. The molecule has 0 aliphatic heterocycles. The van der Waals surface area contributed by atoms with Crippen LogP contribution in [0.25, 0.3) is 6.08 Å². The Kier molecular flexibility index (Phi) is 6.44. The molecule has 1 amide bonds. The molecular formula is C16H21NO5. The summed E-state index contributed by atoms with van der Waals surface area (Å²) in [5, 5.41) is 11.5. The molecule has 0 unspecified atom stereocenters. The van der Waals surface area contributed by atoms with Gasteiger partial charge in [-0.05, 0) is 29.7 Å². The van der Waals surface area contributed by atoms with Gasteiger partial charge in [-0.1, -0.05) is 19.9 Å². The summed E-state index contributed by atoms with van der Waals surface area (Å²) in [5.41, 5.74) is 0.740. The number of aliphatic carboxylic acids is 1. The normalized spacial score (nSPS) is 12.2. The molecule has 0 saturated carbocycles. The lowest BCUT2D eigenvalue weighted by atomic mass is 10.0. The van der Waals surface area contributed by atoms with Gasteiger partial charge >= 0.3 is 5.97 Å². The summed E-state index contributed by atoms with van der Waals surface area (Å²) in [4.78, 5) is 22.8. The van der Waals surface area contributed by atoms with E-state index in [1.54, 1.807) is 45.2 Å². The van der Waals surface area contributed by atoms with Crippen LogP contribution in [0.2, 0.25) is 0 Å². The highest BCUT2D eigenvalue weighted by Gasteiger charge is 2.22.